The second-order valence-corrected chi connectivity index (χ2v) is 9.63. The van der Waals surface area contributed by atoms with Gasteiger partial charge in [0, 0.05) is 46.0 Å². The molecule has 1 N–H and O–H groups in total. The summed E-state index contributed by atoms with van der Waals surface area (Å²) in [7, 11) is 1.62. The topological polar surface area (TPSA) is 73.9 Å². The van der Waals surface area contributed by atoms with E-state index in [0.29, 0.717) is 58.5 Å². The van der Waals surface area contributed by atoms with E-state index in [2.05, 4.69) is 5.32 Å². The third-order valence-electron chi connectivity index (χ3n) is 6.57. The van der Waals surface area contributed by atoms with E-state index in [0.717, 1.165) is 17.0 Å². The number of methoxy groups -OCH3 is 1. The molecule has 6 nitrogen and oxygen atoms in total. The Morgan fingerprint density at radius 1 is 1.08 bits per heavy atom. The van der Waals surface area contributed by atoms with Crippen LogP contribution in [-0.2, 0) is 19.1 Å². The molecule has 36 heavy (non-hydrogen) atoms. The number of benzene rings is 2. The summed E-state index contributed by atoms with van der Waals surface area (Å²) in [5, 5.41) is 4.21. The van der Waals surface area contributed by atoms with Crippen molar-refractivity contribution < 1.29 is 23.8 Å². The van der Waals surface area contributed by atoms with E-state index in [4.69, 9.17) is 37.4 Å². The number of ether oxygens (including phenoxy) is 3. The zero-order valence-corrected chi connectivity index (χ0v) is 22.0. The van der Waals surface area contributed by atoms with Gasteiger partial charge in [0.15, 0.2) is 5.78 Å². The molecule has 0 bridgehead atoms. The largest absolute Gasteiger partial charge is 0.497 e. The predicted octanol–water partition coefficient (Wildman–Crippen LogP) is 5.94. The third kappa shape index (κ3) is 5.46. The van der Waals surface area contributed by atoms with Crippen LogP contribution in [0.2, 0.25) is 10.0 Å². The minimum Gasteiger partial charge on any atom is -0.497 e. The molecule has 1 aliphatic carbocycles. The van der Waals surface area contributed by atoms with Crippen LogP contribution in [0.25, 0.3) is 0 Å². The van der Waals surface area contributed by atoms with E-state index in [1.165, 1.54) is 0 Å². The summed E-state index contributed by atoms with van der Waals surface area (Å²) in [6.45, 7) is 4.64. The van der Waals surface area contributed by atoms with E-state index in [1.54, 1.807) is 25.3 Å². The molecule has 0 fully saturated rings. The van der Waals surface area contributed by atoms with Gasteiger partial charge in [0.2, 0.25) is 0 Å². The molecule has 4 rings (SSSR count). The summed E-state index contributed by atoms with van der Waals surface area (Å²) < 4.78 is 16.1. The number of ketones is 1. The predicted molar refractivity (Wildman–Crippen MR) is 139 cm³/mol. The van der Waals surface area contributed by atoms with Crippen LogP contribution < -0.4 is 10.1 Å². The number of halogens is 2. The van der Waals surface area contributed by atoms with Gasteiger partial charge in [0.1, 0.15) is 12.4 Å². The average Bonchev–Trinajstić information content (AvgIpc) is 2.85. The minimum atomic E-state index is -0.657. The van der Waals surface area contributed by atoms with Crippen LogP contribution in [0.5, 0.6) is 5.75 Å². The second kappa shape index (κ2) is 11.5. The monoisotopic (exact) mass is 529 g/mol. The lowest BCUT2D eigenvalue weighted by atomic mass is 9.71. The van der Waals surface area contributed by atoms with Gasteiger partial charge in [-0.05, 0) is 61.6 Å². The number of carbonyl (C=O) groups is 2. The Morgan fingerprint density at radius 3 is 2.50 bits per heavy atom. The normalized spacial score (nSPS) is 19.6. The number of dihydropyridines is 1. The summed E-state index contributed by atoms with van der Waals surface area (Å²) in [5.41, 5.74) is 4.04. The first-order chi connectivity index (χ1) is 17.3. The highest BCUT2D eigenvalue weighted by molar-refractivity contribution is 6.35. The zero-order chi connectivity index (χ0) is 25.8. The number of nitrogens with one attached hydrogen (secondary N) is 1. The Bertz CT molecular complexity index is 1220. The van der Waals surface area contributed by atoms with Crippen LogP contribution in [0, 0.1) is 0 Å². The molecule has 0 saturated heterocycles. The molecule has 2 aromatic rings. The smallest absolute Gasteiger partial charge is 0.336 e. The lowest BCUT2D eigenvalue weighted by molar-refractivity contribution is -0.140. The molecule has 0 spiro atoms. The first-order valence-corrected chi connectivity index (χ1v) is 12.7. The van der Waals surface area contributed by atoms with Crippen molar-refractivity contribution in [3.05, 3.63) is 86.2 Å². The average molecular weight is 530 g/mol. The van der Waals surface area contributed by atoms with E-state index in [-0.39, 0.29) is 18.3 Å². The molecular formula is C28H29Cl2NO5. The Kier molecular flexibility index (Phi) is 8.39. The van der Waals surface area contributed by atoms with Crippen molar-refractivity contribution in [3.8, 4) is 5.75 Å². The molecule has 1 aliphatic heterocycles. The number of rotatable bonds is 8. The maximum absolute atomic E-state index is 13.7. The fourth-order valence-corrected chi connectivity index (χ4v) is 5.40. The van der Waals surface area contributed by atoms with Crippen molar-refractivity contribution in [1.82, 2.24) is 5.32 Å². The summed E-state index contributed by atoms with van der Waals surface area (Å²) in [4.78, 5) is 27.0. The summed E-state index contributed by atoms with van der Waals surface area (Å²) in [6, 6.07) is 12.9. The SMILES string of the molecule is CCOCCOC(=O)C1=C(C)NC2=C(C(=O)C[C@@H](c3ccc(OC)cc3)C2)[C@@H]1c1ccc(Cl)cc1Cl. The highest BCUT2D eigenvalue weighted by atomic mass is 35.5. The maximum atomic E-state index is 13.7. The Labute approximate surface area is 221 Å². The van der Waals surface area contributed by atoms with Gasteiger partial charge in [0.25, 0.3) is 0 Å². The molecular weight excluding hydrogens is 501 g/mol. The van der Waals surface area contributed by atoms with E-state index < -0.39 is 11.9 Å². The molecule has 2 aliphatic rings. The maximum Gasteiger partial charge on any atom is 0.336 e. The molecule has 2 aromatic carbocycles. The van der Waals surface area contributed by atoms with Crippen LogP contribution in [0.1, 0.15) is 49.7 Å². The van der Waals surface area contributed by atoms with Crippen molar-refractivity contribution in [2.45, 2.75) is 38.5 Å². The number of hydrogen-bond donors (Lipinski definition) is 1. The zero-order valence-electron chi connectivity index (χ0n) is 20.5. The Morgan fingerprint density at radius 2 is 1.83 bits per heavy atom. The van der Waals surface area contributed by atoms with E-state index >= 15 is 0 Å². The number of esters is 1. The number of hydrogen-bond acceptors (Lipinski definition) is 6. The van der Waals surface area contributed by atoms with E-state index in [9.17, 15) is 9.59 Å². The summed E-state index contributed by atoms with van der Waals surface area (Å²) in [5.74, 6) is -0.432. The fourth-order valence-electron chi connectivity index (χ4n) is 4.88. The van der Waals surface area contributed by atoms with Crippen LogP contribution in [0.3, 0.4) is 0 Å². The van der Waals surface area contributed by atoms with Gasteiger partial charge in [-0.25, -0.2) is 4.79 Å². The van der Waals surface area contributed by atoms with Crippen LogP contribution >= 0.6 is 23.2 Å². The van der Waals surface area contributed by atoms with Gasteiger partial charge in [-0.1, -0.05) is 41.4 Å². The molecule has 0 amide bonds. The number of allylic oxidation sites excluding steroid dienone is 3. The fraction of sp³-hybridized carbons (Fsp3) is 0.357. The highest BCUT2D eigenvalue weighted by Crippen LogP contribution is 2.47. The van der Waals surface area contributed by atoms with Crippen molar-refractivity contribution >= 4 is 35.0 Å². The van der Waals surface area contributed by atoms with Gasteiger partial charge in [-0.2, -0.15) is 0 Å². The van der Waals surface area contributed by atoms with Crippen LogP contribution in [-0.4, -0.2) is 38.7 Å². The van der Waals surface area contributed by atoms with Gasteiger partial charge in [-0.15, -0.1) is 0 Å². The first kappa shape index (κ1) is 26.3. The van der Waals surface area contributed by atoms with Crippen molar-refractivity contribution in [2.24, 2.45) is 0 Å². The van der Waals surface area contributed by atoms with Crippen LogP contribution in [0.4, 0.5) is 0 Å². The summed E-state index contributed by atoms with van der Waals surface area (Å²) >= 11 is 12.8. The Balaban J connectivity index is 1.72. The van der Waals surface area contributed by atoms with Crippen molar-refractivity contribution in [2.75, 3.05) is 26.9 Å². The highest BCUT2D eigenvalue weighted by Gasteiger charge is 2.42. The molecule has 0 aromatic heterocycles. The first-order valence-electron chi connectivity index (χ1n) is 11.9. The quantitative estimate of drug-likeness (QED) is 0.336. The lowest BCUT2D eigenvalue weighted by Gasteiger charge is -2.37. The molecule has 0 saturated carbocycles. The van der Waals surface area contributed by atoms with Crippen molar-refractivity contribution in [1.29, 1.82) is 0 Å². The molecule has 1 heterocycles. The molecule has 0 radical (unpaired) electrons. The molecule has 190 valence electrons. The second-order valence-electron chi connectivity index (χ2n) is 8.79. The van der Waals surface area contributed by atoms with Crippen LogP contribution in [0.15, 0.2) is 65.0 Å². The molecule has 0 unspecified atom stereocenters. The lowest BCUT2D eigenvalue weighted by Crippen LogP contribution is -2.36. The summed E-state index contributed by atoms with van der Waals surface area (Å²) in [6.07, 6.45) is 0.944. The standard InChI is InChI=1S/C28H29Cl2NO5/c1-4-35-11-12-36-28(33)25-16(2)31-23-13-18(17-5-8-20(34-3)9-6-17)14-24(32)27(23)26(25)21-10-7-19(29)15-22(21)30/h5-10,15,18,26,31H,4,11-14H2,1-3H3/t18-,26+/m0/s1. The van der Waals surface area contributed by atoms with Gasteiger partial charge >= 0.3 is 5.97 Å². The number of Topliss-reactive ketones (excluding diaryl/α,β-unsaturated/α-hetero) is 1. The number of carbonyl (C=O) groups excluding carboxylic acids is 2. The van der Waals surface area contributed by atoms with Gasteiger partial charge in [0.05, 0.1) is 19.3 Å². The van der Waals surface area contributed by atoms with Gasteiger partial charge < -0.3 is 19.5 Å². The van der Waals surface area contributed by atoms with Crippen molar-refractivity contribution in [3.63, 3.8) is 0 Å². The van der Waals surface area contributed by atoms with E-state index in [1.807, 2.05) is 38.1 Å². The minimum absolute atomic E-state index is 0.00323. The molecule has 2 atom stereocenters. The molecule has 8 heteroatoms. The third-order valence-corrected chi connectivity index (χ3v) is 7.14. The Hall–Kier alpha value is -2.80. The van der Waals surface area contributed by atoms with Gasteiger partial charge in [-0.3, -0.25) is 4.79 Å².